The van der Waals surface area contributed by atoms with E-state index in [0.717, 1.165) is 17.8 Å². The summed E-state index contributed by atoms with van der Waals surface area (Å²) in [5.74, 6) is -0.399. The number of para-hydroxylation sites is 1. The van der Waals surface area contributed by atoms with Crippen molar-refractivity contribution in [2.45, 2.75) is 6.04 Å². The number of carbonyl (C=O) groups is 1. The van der Waals surface area contributed by atoms with Crippen LogP contribution >= 0.6 is 0 Å². The van der Waals surface area contributed by atoms with Crippen molar-refractivity contribution in [1.82, 2.24) is 15.3 Å². The number of ether oxygens (including phenoxy) is 1. The van der Waals surface area contributed by atoms with E-state index in [2.05, 4.69) is 15.3 Å². The number of nitrogens with zero attached hydrogens (tertiary/aromatic N) is 2. The minimum Gasteiger partial charge on any atom is -0.496 e. The van der Waals surface area contributed by atoms with E-state index in [0.29, 0.717) is 11.4 Å². The Labute approximate surface area is 144 Å². The second kappa shape index (κ2) is 7.53. The van der Waals surface area contributed by atoms with E-state index in [1.54, 1.807) is 31.5 Å². The molecule has 0 aliphatic carbocycles. The molecule has 1 amide bonds. The number of halogens is 1. The molecule has 0 radical (unpaired) electrons. The molecule has 0 aliphatic rings. The lowest BCUT2D eigenvalue weighted by Crippen LogP contribution is -2.30. The molecule has 2 heterocycles. The van der Waals surface area contributed by atoms with Gasteiger partial charge in [-0.2, -0.15) is 0 Å². The van der Waals surface area contributed by atoms with Crippen LogP contribution in [0.1, 0.15) is 27.7 Å². The Bertz CT molecular complexity index is 871. The van der Waals surface area contributed by atoms with Gasteiger partial charge in [0.15, 0.2) is 0 Å². The van der Waals surface area contributed by atoms with E-state index < -0.39 is 17.8 Å². The van der Waals surface area contributed by atoms with Crippen molar-refractivity contribution in [3.8, 4) is 5.75 Å². The number of hydrogen-bond donors (Lipinski definition) is 1. The Morgan fingerprint density at radius 1 is 1.16 bits per heavy atom. The zero-order valence-corrected chi connectivity index (χ0v) is 13.5. The highest BCUT2D eigenvalue weighted by molar-refractivity contribution is 5.94. The van der Waals surface area contributed by atoms with Crippen LogP contribution in [0, 0.1) is 5.82 Å². The van der Waals surface area contributed by atoms with Gasteiger partial charge in [-0.15, -0.1) is 0 Å². The fourth-order valence-corrected chi connectivity index (χ4v) is 2.51. The van der Waals surface area contributed by atoms with E-state index in [9.17, 15) is 9.18 Å². The van der Waals surface area contributed by atoms with E-state index in [-0.39, 0.29) is 5.56 Å². The molecular formula is C19H16FN3O2. The molecule has 0 saturated heterocycles. The Kier molecular flexibility index (Phi) is 4.99. The van der Waals surface area contributed by atoms with Gasteiger partial charge in [0, 0.05) is 18.0 Å². The SMILES string of the molecule is COc1ccccc1C(NC(=O)c1cncc(F)c1)c1ccccn1. The van der Waals surface area contributed by atoms with Crippen LogP contribution in [-0.2, 0) is 0 Å². The molecule has 6 heteroatoms. The third-order valence-electron chi connectivity index (χ3n) is 3.68. The zero-order valence-electron chi connectivity index (χ0n) is 13.5. The number of benzene rings is 1. The van der Waals surface area contributed by atoms with Crippen molar-refractivity contribution in [3.63, 3.8) is 0 Å². The highest BCUT2D eigenvalue weighted by Gasteiger charge is 2.22. The Balaban J connectivity index is 1.99. The summed E-state index contributed by atoms with van der Waals surface area (Å²) >= 11 is 0. The maximum Gasteiger partial charge on any atom is 0.253 e. The van der Waals surface area contributed by atoms with Crippen LogP contribution in [0.3, 0.4) is 0 Å². The number of hydrogen-bond acceptors (Lipinski definition) is 4. The Morgan fingerprint density at radius 3 is 2.68 bits per heavy atom. The first-order valence-electron chi connectivity index (χ1n) is 7.64. The van der Waals surface area contributed by atoms with Gasteiger partial charge in [-0.05, 0) is 24.3 Å². The fourth-order valence-electron chi connectivity index (χ4n) is 2.51. The van der Waals surface area contributed by atoms with Gasteiger partial charge < -0.3 is 10.1 Å². The molecule has 0 fully saturated rings. The van der Waals surface area contributed by atoms with E-state index in [1.807, 2.05) is 24.3 Å². The van der Waals surface area contributed by atoms with Crippen LogP contribution in [0.5, 0.6) is 5.75 Å². The smallest absolute Gasteiger partial charge is 0.253 e. The topological polar surface area (TPSA) is 64.1 Å². The van der Waals surface area contributed by atoms with Gasteiger partial charge in [-0.25, -0.2) is 4.39 Å². The maximum absolute atomic E-state index is 13.4. The third-order valence-corrected chi connectivity index (χ3v) is 3.68. The minimum atomic E-state index is -0.570. The van der Waals surface area contributed by atoms with Crippen LogP contribution in [-0.4, -0.2) is 23.0 Å². The van der Waals surface area contributed by atoms with Crippen molar-refractivity contribution in [3.05, 3.63) is 89.8 Å². The van der Waals surface area contributed by atoms with E-state index >= 15 is 0 Å². The Morgan fingerprint density at radius 2 is 1.96 bits per heavy atom. The summed E-state index contributed by atoms with van der Waals surface area (Å²) in [7, 11) is 1.56. The summed E-state index contributed by atoms with van der Waals surface area (Å²) in [6.07, 6.45) is 4.01. The minimum absolute atomic E-state index is 0.135. The second-order valence-corrected chi connectivity index (χ2v) is 5.29. The predicted molar refractivity (Wildman–Crippen MR) is 90.7 cm³/mol. The first kappa shape index (κ1) is 16.6. The van der Waals surface area contributed by atoms with E-state index in [4.69, 9.17) is 4.74 Å². The van der Waals surface area contributed by atoms with Gasteiger partial charge in [0.05, 0.1) is 24.6 Å². The lowest BCUT2D eigenvalue weighted by molar-refractivity contribution is 0.0941. The molecule has 1 aromatic carbocycles. The standard InChI is InChI=1S/C19H16FN3O2/c1-25-17-8-3-2-6-15(17)18(16-7-4-5-9-22-16)23-19(24)13-10-14(20)12-21-11-13/h2-12,18H,1H3,(H,23,24). The first-order chi connectivity index (χ1) is 12.2. The molecule has 1 N–H and O–H groups in total. The van der Waals surface area contributed by atoms with Crippen molar-refractivity contribution >= 4 is 5.91 Å². The number of rotatable bonds is 5. The molecule has 2 aromatic heterocycles. The lowest BCUT2D eigenvalue weighted by atomic mass is 10.0. The molecule has 1 atom stereocenters. The van der Waals surface area contributed by atoms with Gasteiger partial charge in [-0.3, -0.25) is 14.8 Å². The number of amides is 1. The van der Waals surface area contributed by atoms with Gasteiger partial charge in [0.25, 0.3) is 5.91 Å². The second-order valence-electron chi connectivity index (χ2n) is 5.29. The zero-order chi connectivity index (χ0) is 17.6. The maximum atomic E-state index is 13.4. The normalized spacial score (nSPS) is 11.6. The molecule has 25 heavy (non-hydrogen) atoms. The predicted octanol–water partition coefficient (Wildman–Crippen LogP) is 3.14. The molecule has 0 saturated carbocycles. The van der Waals surface area contributed by atoms with Crippen molar-refractivity contribution < 1.29 is 13.9 Å². The molecular weight excluding hydrogens is 321 g/mol. The van der Waals surface area contributed by atoms with Crippen LogP contribution in [0.25, 0.3) is 0 Å². The number of carbonyl (C=O) groups excluding carboxylic acids is 1. The van der Waals surface area contributed by atoms with Crippen molar-refractivity contribution in [2.75, 3.05) is 7.11 Å². The number of nitrogens with one attached hydrogen (secondary N) is 1. The van der Waals surface area contributed by atoms with Gasteiger partial charge in [0.2, 0.25) is 0 Å². The molecule has 1 unspecified atom stereocenters. The summed E-state index contributed by atoms with van der Waals surface area (Å²) in [5, 5.41) is 2.88. The quantitative estimate of drug-likeness (QED) is 0.777. The van der Waals surface area contributed by atoms with Gasteiger partial charge in [-0.1, -0.05) is 24.3 Å². The molecule has 0 bridgehead atoms. The van der Waals surface area contributed by atoms with E-state index in [1.165, 1.54) is 6.20 Å². The summed E-state index contributed by atoms with van der Waals surface area (Å²) in [6.45, 7) is 0. The summed E-state index contributed by atoms with van der Waals surface area (Å²) in [5.41, 5.74) is 1.53. The summed E-state index contributed by atoms with van der Waals surface area (Å²) < 4.78 is 18.8. The summed E-state index contributed by atoms with van der Waals surface area (Å²) in [6, 6.07) is 13.4. The molecule has 3 rings (SSSR count). The molecule has 5 nitrogen and oxygen atoms in total. The first-order valence-corrected chi connectivity index (χ1v) is 7.64. The number of methoxy groups -OCH3 is 1. The van der Waals surface area contributed by atoms with Crippen LogP contribution in [0.15, 0.2) is 67.1 Å². The monoisotopic (exact) mass is 337 g/mol. The number of pyridine rings is 2. The number of aromatic nitrogens is 2. The summed E-state index contributed by atoms with van der Waals surface area (Å²) in [4.78, 5) is 20.6. The average molecular weight is 337 g/mol. The lowest BCUT2D eigenvalue weighted by Gasteiger charge is -2.21. The molecule has 3 aromatic rings. The molecule has 0 aliphatic heterocycles. The largest absolute Gasteiger partial charge is 0.496 e. The van der Waals surface area contributed by atoms with Crippen molar-refractivity contribution in [2.24, 2.45) is 0 Å². The third kappa shape index (κ3) is 3.80. The van der Waals surface area contributed by atoms with Gasteiger partial charge in [0.1, 0.15) is 17.6 Å². The molecule has 126 valence electrons. The van der Waals surface area contributed by atoms with Crippen LogP contribution in [0.2, 0.25) is 0 Å². The highest BCUT2D eigenvalue weighted by atomic mass is 19.1. The highest BCUT2D eigenvalue weighted by Crippen LogP contribution is 2.29. The van der Waals surface area contributed by atoms with Gasteiger partial charge >= 0.3 is 0 Å². The fraction of sp³-hybridized carbons (Fsp3) is 0.105. The average Bonchev–Trinajstić information content (AvgIpc) is 2.66. The molecule has 0 spiro atoms. The Hall–Kier alpha value is -3.28. The van der Waals surface area contributed by atoms with Crippen LogP contribution < -0.4 is 10.1 Å². The van der Waals surface area contributed by atoms with Crippen LogP contribution in [0.4, 0.5) is 4.39 Å². The van der Waals surface area contributed by atoms with Crippen molar-refractivity contribution in [1.29, 1.82) is 0 Å².